The lowest BCUT2D eigenvalue weighted by Gasteiger charge is -2.29. The van der Waals surface area contributed by atoms with E-state index in [1.165, 1.54) is 6.07 Å². The molecule has 1 saturated carbocycles. The Kier molecular flexibility index (Phi) is 7.59. The largest absolute Gasteiger partial charge is 0.421 e. The quantitative estimate of drug-likeness (QED) is 0.244. The number of carbonyl (C=O) groups excluding carboxylic acids is 1. The first-order chi connectivity index (χ1) is 20.3. The third kappa shape index (κ3) is 5.44. The average Bonchev–Trinajstić information content (AvgIpc) is 3.54. The number of hydrogen-bond donors (Lipinski definition) is 1. The van der Waals surface area contributed by atoms with Gasteiger partial charge in [-0.3, -0.25) is 18.9 Å². The molecule has 1 aliphatic rings. The summed E-state index contributed by atoms with van der Waals surface area (Å²) in [4.78, 5) is 30.3. The fraction of sp³-hybridized carbons (Fsp3) is 0.300. The standard InChI is InChI=1S/C30H27ClF2N6O3/c1-17-36-37-29(42-17)19-5-4-6-22(13-19)39-25-8-3-2-7-24(25)38(30(39)41)16-18-9-11-21(12-10-18)35-28(40)23-14-20(31)15-34-26(23)27(32)33/h2-8,13-15,18,21,27H,9-12,16H2,1H3,(H,35,40)/t18-,21-. The molecule has 0 radical (unpaired) electrons. The van der Waals surface area contributed by atoms with E-state index in [-0.39, 0.29) is 28.2 Å². The third-order valence-electron chi connectivity index (χ3n) is 7.67. The number of carbonyl (C=O) groups is 1. The van der Waals surface area contributed by atoms with E-state index in [0.717, 1.165) is 30.1 Å². The number of halogens is 3. The minimum atomic E-state index is -2.88. The zero-order valence-corrected chi connectivity index (χ0v) is 23.4. The molecule has 0 saturated heterocycles. The molecule has 0 atom stereocenters. The van der Waals surface area contributed by atoms with Gasteiger partial charge in [0.05, 0.1) is 27.3 Å². The van der Waals surface area contributed by atoms with Gasteiger partial charge in [0, 0.05) is 31.3 Å². The van der Waals surface area contributed by atoms with Gasteiger partial charge in [-0.2, -0.15) is 0 Å². The Bertz CT molecular complexity index is 1820. The van der Waals surface area contributed by atoms with E-state index in [9.17, 15) is 18.4 Å². The van der Waals surface area contributed by atoms with Crippen molar-refractivity contribution in [1.82, 2.24) is 29.6 Å². The topological polar surface area (TPSA) is 108 Å². The number of nitrogens with zero attached hydrogens (tertiary/aromatic N) is 5. The molecule has 2 aromatic carbocycles. The summed E-state index contributed by atoms with van der Waals surface area (Å²) in [5.74, 6) is 0.429. The SMILES string of the molecule is Cc1nnc(-c2cccc(-n3c(=O)n(C[C@H]4CC[C@H](NC(=O)c5cc(Cl)cnc5C(F)F)CC4)c4ccccc43)c2)o1. The number of alkyl halides is 2. The second-order valence-corrected chi connectivity index (χ2v) is 10.9. The van der Waals surface area contributed by atoms with Crippen molar-refractivity contribution in [2.75, 3.05) is 0 Å². The van der Waals surface area contributed by atoms with E-state index in [4.69, 9.17) is 16.0 Å². The van der Waals surface area contributed by atoms with E-state index in [1.807, 2.05) is 48.5 Å². The van der Waals surface area contributed by atoms with Crippen LogP contribution >= 0.6 is 11.6 Å². The third-order valence-corrected chi connectivity index (χ3v) is 7.88. The predicted molar refractivity (Wildman–Crippen MR) is 153 cm³/mol. The molecule has 5 aromatic rings. The Labute approximate surface area is 244 Å². The monoisotopic (exact) mass is 592 g/mol. The van der Waals surface area contributed by atoms with Crippen LogP contribution in [0.5, 0.6) is 0 Å². The normalized spacial score (nSPS) is 17.2. The number of amides is 1. The molecule has 216 valence electrons. The van der Waals surface area contributed by atoms with Gasteiger partial charge in [0.15, 0.2) is 0 Å². The second-order valence-electron chi connectivity index (χ2n) is 10.5. The molecule has 0 spiro atoms. The molecule has 0 unspecified atom stereocenters. The molecule has 1 N–H and O–H groups in total. The van der Waals surface area contributed by atoms with Crippen molar-refractivity contribution in [3.8, 4) is 17.1 Å². The predicted octanol–water partition coefficient (Wildman–Crippen LogP) is 6.13. The summed E-state index contributed by atoms with van der Waals surface area (Å²) >= 11 is 5.91. The number of para-hydroxylation sites is 2. The number of aryl methyl sites for hydroxylation is 1. The molecule has 9 nitrogen and oxygen atoms in total. The first kappa shape index (κ1) is 27.8. The van der Waals surface area contributed by atoms with Crippen molar-refractivity contribution in [2.45, 2.75) is 51.6 Å². The van der Waals surface area contributed by atoms with Crippen LogP contribution in [0.25, 0.3) is 28.2 Å². The molecule has 1 fully saturated rings. The first-order valence-corrected chi connectivity index (χ1v) is 14.0. The summed E-state index contributed by atoms with van der Waals surface area (Å²) < 4.78 is 35.8. The summed E-state index contributed by atoms with van der Waals surface area (Å²) in [6, 6.07) is 16.1. The Morgan fingerprint density at radius 3 is 2.55 bits per heavy atom. The number of pyridine rings is 1. The molecular weight excluding hydrogens is 566 g/mol. The highest BCUT2D eigenvalue weighted by Crippen LogP contribution is 2.29. The van der Waals surface area contributed by atoms with Crippen molar-refractivity contribution >= 4 is 28.5 Å². The molecule has 12 heteroatoms. The Balaban J connectivity index is 1.19. The van der Waals surface area contributed by atoms with Crippen LogP contribution < -0.4 is 11.0 Å². The van der Waals surface area contributed by atoms with E-state index in [0.29, 0.717) is 42.4 Å². The highest BCUT2D eigenvalue weighted by atomic mass is 35.5. The van der Waals surface area contributed by atoms with Crippen molar-refractivity contribution in [2.24, 2.45) is 5.92 Å². The Morgan fingerprint density at radius 2 is 1.83 bits per heavy atom. The van der Waals surface area contributed by atoms with Gasteiger partial charge in [0.1, 0.15) is 5.69 Å². The van der Waals surface area contributed by atoms with Crippen LogP contribution in [0.1, 0.15) is 54.1 Å². The van der Waals surface area contributed by atoms with Gasteiger partial charge >= 0.3 is 5.69 Å². The zero-order chi connectivity index (χ0) is 29.4. The maximum Gasteiger partial charge on any atom is 0.333 e. The lowest BCUT2D eigenvalue weighted by atomic mass is 9.85. The number of hydrogen-bond acceptors (Lipinski definition) is 6. The van der Waals surface area contributed by atoms with Crippen LogP contribution in [0.3, 0.4) is 0 Å². The van der Waals surface area contributed by atoms with Crippen LogP contribution in [0.4, 0.5) is 8.78 Å². The van der Waals surface area contributed by atoms with Gasteiger partial charge in [-0.15, -0.1) is 10.2 Å². The summed E-state index contributed by atoms with van der Waals surface area (Å²) in [5.41, 5.74) is 2.06. The second kappa shape index (κ2) is 11.5. The van der Waals surface area contributed by atoms with Gasteiger partial charge in [0.2, 0.25) is 11.8 Å². The summed E-state index contributed by atoms with van der Waals surface area (Å²) in [6.45, 7) is 2.24. The number of fused-ring (bicyclic) bond motifs is 1. The Hall–Kier alpha value is -4.38. The number of imidazole rings is 1. The van der Waals surface area contributed by atoms with Gasteiger partial charge in [-0.1, -0.05) is 29.8 Å². The minimum absolute atomic E-state index is 0.120. The molecule has 6 rings (SSSR count). The highest BCUT2D eigenvalue weighted by Gasteiger charge is 2.27. The smallest absolute Gasteiger partial charge is 0.333 e. The van der Waals surface area contributed by atoms with E-state index in [1.54, 1.807) is 16.1 Å². The lowest BCUT2D eigenvalue weighted by molar-refractivity contribution is 0.0904. The number of aromatic nitrogens is 5. The molecule has 0 bridgehead atoms. The molecule has 3 aromatic heterocycles. The molecule has 0 aliphatic heterocycles. The van der Waals surface area contributed by atoms with Crippen molar-refractivity contribution in [1.29, 1.82) is 0 Å². The van der Waals surface area contributed by atoms with Crippen LogP contribution in [-0.2, 0) is 6.54 Å². The molecule has 3 heterocycles. The maximum atomic E-state index is 13.8. The van der Waals surface area contributed by atoms with E-state index < -0.39 is 18.0 Å². The minimum Gasteiger partial charge on any atom is -0.421 e. The van der Waals surface area contributed by atoms with Gasteiger partial charge in [0.25, 0.3) is 12.3 Å². The Morgan fingerprint density at radius 1 is 1.07 bits per heavy atom. The number of benzene rings is 2. The first-order valence-electron chi connectivity index (χ1n) is 13.6. The lowest BCUT2D eigenvalue weighted by Crippen LogP contribution is -2.39. The van der Waals surface area contributed by atoms with Gasteiger partial charge < -0.3 is 9.73 Å². The number of nitrogens with one attached hydrogen (secondary N) is 1. The van der Waals surface area contributed by atoms with Crippen molar-refractivity contribution in [3.05, 3.63) is 93.4 Å². The maximum absolute atomic E-state index is 13.8. The molecular formula is C30H27ClF2N6O3. The zero-order valence-electron chi connectivity index (χ0n) is 22.6. The summed E-state index contributed by atoms with van der Waals surface area (Å²) in [6.07, 6.45) is 1.07. The van der Waals surface area contributed by atoms with Gasteiger partial charge in [-0.25, -0.2) is 13.6 Å². The molecule has 1 aliphatic carbocycles. The summed E-state index contributed by atoms with van der Waals surface area (Å²) in [5, 5.41) is 11.0. The average molecular weight is 593 g/mol. The van der Waals surface area contributed by atoms with E-state index >= 15 is 0 Å². The van der Waals surface area contributed by atoms with Gasteiger partial charge in [-0.05, 0) is 68.0 Å². The van der Waals surface area contributed by atoms with Crippen LogP contribution in [0, 0.1) is 12.8 Å². The van der Waals surface area contributed by atoms with Crippen molar-refractivity contribution < 1.29 is 18.0 Å². The highest BCUT2D eigenvalue weighted by molar-refractivity contribution is 6.30. The van der Waals surface area contributed by atoms with E-state index in [2.05, 4.69) is 20.5 Å². The van der Waals surface area contributed by atoms with Crippen LogP contribution in [-0.4, -0.2) is 36.3 Å². The number of rotatable bonds is 7. The fourth-order valence-electron chi connectivity index (χ4n) is 5.64. The van der Waals surface area contributed by atoms with Crippen LogP contribution in [0.15, 0.2) is 70.0 Å². The van der Waals surface area contributed by atoms with Crippen molar-refractivity contribution in [3.63, 3.8) is 0 Å². The summed E-state index contributed by atoms with van der Waals surface area (Å²) in [7, 11) is 0. The van der Waals surface area contributed by atoms with Crippen LogP contribution in [0.2, 0.25) is 5.02 Å². The fourth-order valence-corrected chi connectivity index (χ4v) is 5.80. The molecule has 42 heavy (non-hydrogen) atoms. The molecule has 1 amide bonds.